The molecule has 0 spiro atoms. The van der Waals surface area contributed by atoms with Gasteiger partial charge in [0, 0.05) is 11.7 Å². The molecule has 1 unspecified atom stereocenters. The van der Waals surface area contributed by atoms with E-state index < -0.39 is 11.6 Å². The van der Waals surface area contributed by atoms with Crippen LogP contribution in [-0.4, -0.2) is 11.0 Å². The number of aryl methyl sites for hydroxylation is 2. The normalized spacial score (nSPS) is 12.5. The van der Waals surface area contributed by atoms with Gasteiger partial charge in [-0.1, -0.05) is 11.8 Å². The summed E-state index contributed by atoms with van der Waals surface area (Å²) in [6, 6.07) is 6.28. The highest BCUT2D eigenvalue weighted by Crippen LogP contribution is 2.32. The van der Waals surface area contributed by atoms with E-state index in [4.69, 9.17) is 5.73 Å². The Bertz CT molecular complexity index is 613. The second-order valence-electron chi connectivity index (χ2n) is 5.30. The molecule has 1 heterocycles. The molecule has 0 fully saturated rings. The van der Waals surface area contributed by atoms with Crippen LogP contribution in [0.2, 0.25) is 0 Å². The summed E-state index contributed by atoms with van der Waals surface area (Å²) in [4.78, 5) is 4.27. The van der Waals surface area contributed by atoms with Gasteiger partial charge in [-0.25, -0.2) is 13.8 Å². The molecule has 0 aliphatic carbocycles. The van der Waals surface area contributed by atoms with E-state index in [1.165, 1.54) is 12.1 Å². The molecular formula is C16H18F2N2S. The summed E-state index contributed by atoms with van der Waals surface area (Å²) in [5, 5.41) is 0.588. The van der Waals surface area contributed by atoms with Crippen molar-refractivity contribution >= 4 is 11.8 Å². The topological polar surface area (TPSA) is 38.9 Å². The Morgan fingerprint density at radius 2 is 1.76 bits per heavy atom. The van der Waals surface area contributed by atoms with Gasteiger partial charge in [-0.2, -0.15) is 0 Å². The number of rotatable bonds is 4. The van der Waals surface area contributed by atoms with Crippen LogP contribution in [0, 0.1) is 25.5 Å². The molecule has 21 heavy (non-hydrogen) atoms. The van der Waals surface area contributed by atoms with Crippen molar-refractivity contribution in [2.45, 2.75) is 43.2 Å². The van der Waals surface area contributed by atoms with Gasteiger partial charge in [-0.3, -0.25) is 0 Å². The molecule has 5 heteroatoms. The van der Waals surface area contributed by atoms with E-state index in [9.17, 15) is 8.78 Å². The Labute approximate surface area is 127 Å². The van der Waals surface area contributed by atoms with Crippen LogP contribution in [0.3, 0.4) is 0 Å². The van der Waals surface area contributed by atoms with E-state index in [1.54, 1.807) is 6.92 Å². The van der Waals surface area contributed by atoms with Gasteiger partial charge in [0.25, 0.3) is 0 Å². The minimum absolute atomic E-state index is 0.0269. The average Bonchev–Trinajstić information content (AvgIpc) is 2.31. The van der Waals surface area contributed by atoms with Gasteiger partial charge in [0.2, 0.25) is 0 Å². The minimum atomic E-state index is -0.573. The molecule has 0 bridgehead atoms. The summed E-state index contributed by atoms with van der Waals surface area (Å²) >= 11 is 1.00. The summed E-state index contributed by atoms with van der Waals surface area (Å²) in [6.07, 6.45) is 0.445. The Balaban J connectivity index is 2.31. The van der Waals surface area contributed by atoms with E-state index in [2.05, 4.69) is 4.98 Å². The quantitative estimate of drug-likeness (QED) is 0.927. The number of nitrogens with two attached hydrogens (primary N) is 1. The number of hydrogen-bond donors (Lipinski definition) is 1. The molecular weight excluding hydrogens is 290 g/mol. The number of nitrogens with zero attached hydrogens (tertiary/aromatic N) is 1. The molecule has 1 aromatic carbocycles. The van der Waals surface area contributed by atoms with Crippen molar-refractivity contribution in [2.75, 3.05) is 0 Å². The smallest absolute Gasteiger partial charge is 0.140 e. The highest BCUT2D eigenvalue weighted by atomic mass is 32.2. The number of hydrogen-bond acceptors (Lipinski definition) is 3. The van der Waals surface area contributed by atoms with Crippen molar-refractivity contribution in [1.82, 2.24) is 4.98 Å². The van der Waals surface area contributed by atoms with Crippen LogP contribution in [0.15, 0.2) is 34.2 Å². The van der Waals surface area contributed by atoms with E-state index in [1.807, 2.05) is 26.0 Å². The van der Waals surface area contributed by atoms with Crippen molar-refractivity contribution in [1.29, 1.82) is 0 Å². The lowest BCUT2D eigenvalue weighted by molar-refractivity contribution is 0.535. The first-order valence-electron chi connectivity index (χ1n) is 6.72. The molecule has 2 nitrogen and oxygen atoms in total. The first-order chi connectivity index (χ1) is 9.85. The van der Waals surface area contributed by atoms with Crippen LogP contribution in [0.25, 0.3) is 0 Å². The van der Waals surface area contributed by atoms with Gasteiger partial charge < -0.3 is 5.73 Å². The first-order valence-corrected chi connectivity index (χ1v) is 7.53. The lowest BCUT2D eigenvalue weighted by Gasteiger charge is -2.10. The maximum atomic E-state index is 14.1. The van der Waals surface area contributed by atoms with Crippen LogP contribution in [0.4, 0.5) is 8.78 Å². The summed E-state index contributed by atoms with van der Waals surface area (Å²) < 4.78 is 28.2. The Morgan fingerprint density at radius 1 is 1.14 bits per heavy atom. The van der Waals surface area contributed by atoms with E-state index >= 15 is 0 Å². The Hall–Kier alpha value is -1.46. The average molecular weight is 308 g/mol. The third kappa shape index (κ3) is 4.25. The fraction of sp³-hybridized carbons (Fsp3) is 0.312. The zero-order valence-electron chi connectivity index (χ0n) is 12.3. The molecule has 0 radical (unpaired) electrons. The van der Waals surface area contributed by atoms with E-state index in [0.29, 0.717) is 17.0 Å². The summed E-state index contributed by atoms with van der Waals surface area (Å²) in [7, 11) is 0. The molecule has 112 valence electrons. The van der Waals surface area contributed by atoms with Gasteiger partial charge >= 0.3 is 0 Å². The third-order valence-electron chi connectivity index (χ3n) is 2.90. The minimum Gasteiger partial charge on any atom is -0.328 e. The predicted octanol–water partition coefficient (Wildman–Crippen LogP) is 4.02. The van der Waals surface area contributed by atoms with Crippen molar-refractivity contribution < 1.29 is 8.78 Å². The Morgan fingerprint density at radius 3 is 2.29 bits per heavy atom. The monoisotopic (exact) mass is 308 g/mol. The van der Waals surface area contributed by atoms with Crippen molar-refractivity contribution in [3.05, 3.63) is 52.7 Å². The van der Waals surface area contributed by atoms with Crippen LogP contribution < -0.4 is 5.73 Å². The van der Waals surface area contributed by atoms with Gasteiger partial charge in [0.1, 0.15) is 16.7 Å². The molecule has 0 aliphatic rings. The van der Waals surface area contributed by atoms with Gasteiger partial charge in [-0.05, 0) is 62.6 Å². The van der Waals surface area contributed by atoms with Gasteiger partial charge in [0.05, 0.1) is 4.90 Å². The number of halogens is 2. The molecule has 2 aromatic rings. The summed E-state index contributed by atoms with van der Waals surface area (Å²) in [6.45, 7) is 5.59. The zero-order chi connectivity index (χ0) is 15.6. The molecule has 0 amide bonds. The van der Waals surface area contributed by atoms with Crippen LogP contribution >= 0.6 is 11.8 Å². The lowest BCUT2D eigenvalue weighted by Crippen LogP contribution is -2.18. The molecule has 2 N–H and O–H groups in total. The maximum Gasteiger partial charge on any atom is 0.140 e. The molecule has 1 aromatic heterocycles. The molecule has 0 saturated heterocycles. The predicted molar refractivity (Wildman–Crippen MR) is 81.5 cm³/mol. The van der Waals surface area contributed by atoms with E-state index in [-0.39, 0.29) is 10.9 Å². The fourth-order valence-electron chi connectivity index (χ4n) is 2.16. The molecule has 2 rings (SSSR count). The highest BCUT2D eigenvalue weighted by molar-refractivity contribution is 7.99. The maximum absolute atomic E-state index is 14.1. The zero-order valence-corrected chi connectivity index (χ0v) is 13.1. The first kappa shape index (κ1) is 15.9. The standard InChI is InChI=1S/C16H18F2N2S/c1-9-4-11(3)20-15(5-9)21-16-13(17)7-12(6-10(2)19)8-14(16)18/h4-5,7-8,10H,6,19H2,1-3H3. The van der Waals surface area contributed by atoms with Crippen molar-refractivity contribution in [3.63, 3.8) is 0 Å². The SMILES string of the molecule is Cc1cc(C)nc(Sc2c(F)cc(CC(C)N)cc2F)c1. The Kier molecular flexibility index (Phi) is 4.96. The second kappa shape index (κ2) is 6.54. The van der Waals surface area contributed by atoms with E-state index in [0.717, 1.165) is 23.0 Å². The van der Waals surface area contributed by atoms with Crippen LogP contribution in [0.1, 0.15) is 23.7 Å². The van der Waals surface area contributed by atoms with Gasteiger partial charge in [-0.15, -0.1) is 0 Å². The molecule has 0 aliphatic heterocycles. The second-order valence-corrected chi connectivity index (χ2v) is 6.33. The largest absolute Gasteiger partial charge is 0.328 e. The highest BCUT2D eigenvalue weighted by Gasteiger charge is 2.14. The van der Waals surface area contributed by atoms with Crippen LogP contribution in [-0.2, 0) is 6.42 Å². The lowest BCUT2D eigenvalue weighted by atomic mass is 10.1. The fourth-order valence-corrected chi connectivity index (χ4v) is 3.12. The summed E-state index contributed by atoms with van der Waals surface area (Å²) in [5.74, 6) is -1.15. The number of aromatic nitrogens is 1. The van der Waals surface area contributed by atoms with Crippen molar-refractivity contribution in [2.24, 2.45) is 5.73 Å². The molecule has 1 atom stereocenters. The van der Waals surface area contributed by atoms with Crippen LogP contribution in [0.5, 0.6) is 0 Å². The summed E-state index contributed by atoms with van der Waals surface area (Å²) in [5.41, 5.74) is 8.07. The van der Waals surface area contributed by atoms with Gasteiger partial charge in [0.15, 0.2) is 0 Å². The number of pyridine rings is 1. The van der Waals surface area contributed by atoms with Crippen molar-refractivity contribution in [3.8, 4) is 0 Å². The number of benzene rings is 1. The third-order valence-corrected chi connectivity index (χ3v) is 3.91. The molecule has 0 saturated carbocycles.